The Morgan fingerprint density at radius 3 is 1.85 bits per heavy atom. The van der Waals surface area contributed by atoms with Gasteiger partial charge in [-0.05, 0) is 91.9 Å². The van der Waals surface area contributed by atoms with Crippen LogP contribution in [0, 0.1) is 11.8 Å². The molecule has 0 fully saturated rings. The van der Waals surface area contributed by atoms with Crippen molar-refractivity contribution in [1.29, 1.82) is 0 Å². The van der Waals surface area contributed by atoms with Gasteiger partial charge in [0.25, 0.3) is 0 Å². The van der Waals surface area contributed by atoms with Crippen molar-refractivity contribution in [2.75, 3.05) is 25.6 Å². The first-order valence-corrected chi connectivity index (χ1v) is 17.3. The van der Waals surface area contributed by atoms with Crippen molar-refractivity contribution in [2.24, 2.45) is 0 Å². The van der Waals surface area contributed by atoms with E-state index in [0.29, 0.717) is 17.9 Å². The van der Waals surface area contributed by atoms with Gasteiger partial charge in [-0.1, -0.05) is 69.4 Å². The maximum Gasteiger partial charge on any atom is 0.343 e. The van der Waals surface area contributed by atoms with Gasteiger partial charge in [0.2, 0.25) is 0 Å². The number of unbranched alkanes of at least 4 members (excludes halogenated alkanes) is 8. The van der Waals surface area contributed by atoms with E-state index in [9.17, 15) is 4.79 Å². The lowest BCUT2D eigenvalue weighted by Gasteiger charge is -2.10. The van der Waals surface area contributed by atoms with E-state index in [0.717, 1.165) is 36.3 Å². The average Bonchev–Trinajstić information content (AvgIpc) is 3.10. The number of hydrogen-bond acceptors (Lipinski definition) is 4. The number of esters is 1. The lowest BCUT2D eigenvalue weighted by atomic mass is 10.1. The number of aromatic nitrogens is 1. The fourth-order valence-corrected chi connectivity index (χ4v) is 5.30. The maximum atomic E-state index is 12.7. The molecule has 0 N–H and O–H groups in total. The highest BCUT2D eigenvalue weighted by atomic mass is 16.5. The van der Waals surface area contributed by atoms with Gasteiger partial charge < -0.3 is 14.4 Å². The van der Waals surface area contributed by atoms with Crippen molar-refractivity contribution in [3.63, 3.8) is 0 Å². The summed E-state index contributed by atoms with van der Waals surface area (Å²) in [6.45, 7) is 3.99. The van der Waals surface area contributed by atoms with Crippen molar-refractivity contribution in [2.45, 2.75) is 84.1 Å². The Morgan fingerprint density at radius 2 is 1.23 bits per heavy atom. The van der Waals surface area contributed by atoms with E-state index in [-0.39, 0.29) is 0 Å². The topological polar surface area (TPSA) is 42.7 Å². The lowest BCUT2D eigenvalue weighted by molar-refractivity contribution is -0.697. The first-order chi connectivity index (χ1) is 23.0. The minimum Gasteiger partial charge on any atom is -0.494 e. The van der Waals surface area contributed by atoms with Crippen molar-refractivity contribution in [3.8, 4) is 23.3 Å². The SMILES string of the molecule is CCCCCc1ccc(C#Cc2ccc(OC(=O)c3ccc(OCCCCCCCCC[n+]4ccc(N(C)C)cc4)cc3)cc2)cc1. The number of aryl methyl sites for hydroxylation is 2. The molecule has 4 rings (SSSR count). The predicted molar refractivity (Wildman–Crippen MR) is 192 cm³/mol. The van der Waals surface area contributed by atoms with Crippen LogP contribution in [-0.2, 0) is 13.0 Å². The summed E-state index contributed by atoms with van der Waals surface area (Å²) < 4.78 is 13.7. The summed E-state index contributed by atoms with van der Waals surface area (Å²) in [6.07, 6.45) is 17.7. The van der Waals surface area contributed by atoms with Gasteiger partial charge in [-0.3, -0.25) is 0 Å². The molecule has 0 saturated heterocycles. The smallest absolute Gasteiger partial charge is 0.343 e. The Hall–Kier alpha value is -4.56. The van der Waals surface area contributed by atoms with Crippen LogP contribution in [-0.4, -0.2) is 26.7 Å². The molecule has 5 nitrogen and oxygen atoms in total. The highest BCUT2D eigenvalue weighted by Gasteiger charge is 2.09. The summed E-state index contributed by atoms with van der Waals surface area (Å²) in [6, 6.07) is 27.3. The Labute approximate surface area is 282 Å². The number of benzene rings is 3. The molecule has 0 bridgehead atoms. The number of carbonyl (C=O) groups is 1. The fraction of sp³-hybridized carbons (Fsp3) is 0.381. The Balaban J connectivity index is 1.07. The Kier molecular flexibility index (Phi) is 14.9. The number of nitrogens with zero attached hydrogens (tertiary/aromatic N) is 2. The van der Waals surface area contributed by atoms with E-state index in [2.05, 4.69) is 91.1 Å². The summed E-state index contributed by atoms with van der Waals surface area (Å²) in [5.74, 6) is 7.28. The van der Waals surface area contributed by atoms with Gasteiger partial charge in [0, 0.05) is 49.5 Å². The molecule has 0 aliphatic carbocycles. The number of pyridine rings is 1. The van der Waals surface area contributed by atoms with Crippen LogP contribution in [0.15, 0.2) is 97.3 Å². The van der Waals surface area contributed by atoms with E-state index in [4.69, 9.17) is 9.47 Å². The van der Waals surface area contributed by atoms with Crippen LogP contribution in [0.2, 0.25) is 0 Å². The first kappa shape index (κ1) is 35.3. The van der Waals surface area contributed by atoms with E-state index in [1.807, 2.05) is 24.3 Å². The van der Waals surface area contributed by atoms with Crippen LogP contribution in [0.25, 0.3) is 0 Å². The molecule has 246 valence electrons. The zero-order chi connectivity index (χ0) is 33.1. The summed E-state index contributed by atoms with van der Waals surface area (Å²) in [7, 11) is 4.13. The molecule has 0 radical (unpaired) electrons. The van der Waals surface area contributed by atoms with Crippen LogP contribution in [0.4, 0.5) is 5.69 Å². The summed E-state index contributed by atoms with van der Waals surface area (Å²) in [4.78, 5) is 14.8. The van der Waals surface area contributed by atoms with Crippen LogP contribution < -0.4 is 18.9 Å². The highest BCUT2D eigenvalue weighted by Crippen LogP contribution is 2.18. The summed E-state index contributed by atoms with van der Waals surface area (Å²) >= 11 is 0. The standard InChI is InChI=1S/C42H51N2O3/c1-4-5-11-14-35-15-17-36(18-16-35)19-20-37-21-25-41(26-22-37)47-42(45)38-23-27-40(28-24-38)46-34-13-10-8-6-7-9-12-31-44-32-29-39(30-33-44)43(2)3/h15-18,21-30,32-33H,4-14,31,34H2,1-3H3/q+1. The third-order valence-electron chi connectivity index (χ3n) is 8.25. The van der Waals surface area contributed by atoms with Gasteiger partial charge in [-0.15, -0.1) is 0 Å². The molecule has 47 heavy (non-hydrogen) atoms. The van der Waals surface area contributed by atoms with Gasteiger partial charge in [-0.2, -0.15) is 0 Å². The van der Waals surface area contributed by atoms with Gasteiger partial charge in [0.1, 0.15) is 18.0 Å². The fourth-order valence-electron chi connectivity index (χ4n) is 5.30. The average molecular weight is 632 g/mol. The number of carbonyl (C=O) groups excluding carboxylic acids is 1. The van der Waals surface area contributed by atoms with Gasteiger partial charge in [0.15, 0.2) is 12.4 Å². The van der Waals surface area contributed by atoms with E-state index >= 15 is 0 Å². The molecule has 0 unspecified atom stereocenters. The summed E-state index contributed by atoms with van der Waals surface area (Å²) in [5.41, 5.74) is 4.95. The second-order valence-corrected chi connectivity index (χ2v) is 12.4. The number of anilines is 1. The summed E-state index contributed by atoms with van der Waals surface area (Å²) in [5, 5.41) is 0. The normalized spacial score (nSPS) is 10.6. The highest BCUT2D eigenvalue weighted by molar-refractivity contribution is 5.91. The quantitative estimate of drug-likeness (QED) is 0.0361. The zero-order valence-electron chi connectivity index (χ0n) is 28.5. The molecule has 0 aliphatic rings. The molecule has 4 aromatic rings. The van der Waals surface area contributed by atoms with Crippen molar-refractivity contribution in [3.05, 3.63) is 120 Å². The third-order valence-corrected chi connectivity index (χ3v) is 8.25. The minimum atomic E-state index is -0.393. The van der Waals surface area contributed by atoms with Crippen LogP contribution in [0.1, 0.15) is 98.2 Å². The monoisotopic (exact) mass is 631 g/mol. The molecular formula is C42H51N2O3+. The van der Waals surface area contributed by atoms with Crippen LogP contribution in [0.3, 0.4) is 0 Å². The van der Waals surface area contributed by atoms with Crippen molar-refractivity contribution >= 4 is 11.7 Å². The Bertz CT molecular complexity index is 1530. The molecule has 0 spiro atoms. The van der Waals surface area contributed by atoms with Crippen molar-refractivity contribution in [1.82, 2.24) is 0 Å². The third kappa shape index (κ3) is 13.0. The lowest BCUT2D eigenvalue weighted by Crippen LogP contribution is -2.32. The maximum absolute atomic E-state index is 12.7. The minimum absolute atomic E-state index is 0.393. The number of hydrogen-bond donors (Lipinski definition) is 0. The molecule has 1 aromatic heterocycles. The number of rotatable bonds is 18. The molecule has 5 heteroatoms. The number of ether oxygens (including phenoxy) is 2. The van der Waals surface area contributed by atoms with Crippen LogP contribution >= 0.6 is 0 Å². The second kappa shape index (κ2) is 19.8. The predicted octanol–water partition coefficient (Wildman–Crippen LogP) is 9.20. The van der Waals surface area contributed by atoms with E-state index < -0.39 is 5.97 Å². The van der Waals surface area contributed by atoms with Crippen molar-refractivity contribution < 1.29 is 18.8 Å². The Morgan fingerprint density at radius 1 is 0.660 bits per heavy atom. The molecule has 0 amide bonds. The van der Waals surface area contributed by atoms with E-state index in [1.54, 1.807) is 24.3 Å². The molecular weight excluding hydrogens is 580 g/mol. The molecule has 3 aromatic carbocycles. The van der Waals surface area contributed by atoms with Crippen LogP contribution in [0.5, 0.6) is 11.5 Å². The van der Waals surface area contributed by atoms with Gasteiger partial charge >= 0.3 is 5.97 Å². The first-order valence-electron chi connectivity index (χ1n) is 17.3. The molecule has 0 aliphatic heterocycles. The molecule has 0 saturated carbocycles. The molecule has 1 heterocycles. The second-order valence-electron chi connectivity index (χ2n) is 12.4. The molecule has 0 atom stereocenters. The van der Waals surface area contributed by atoms with Gasteiger partial charge in [0.05, 0.1) is 12.2 Å². The largest absolute Gasteiger partial charge is 0.494 e. The van der Waals surface area contributed by atoms with Gasteiger partial charge in [-0.25, -0.2) is 9.36 Å². The van der Waals surface area contributed by atoms with E-state index in [1.165, 1.54) is 69.0 Å². The zero-order valence-corrected chi connectivity index (χ0v) is 28.5.